The van der Waals surface area contributed by atoms with Crippen molar-refractivity contribution in [2.45, 2.75) is 215 Å². The van der Waals surface area contributed by atoms with Gasteiger partial charge in [0.1, 0.15) is 60.4 Å². The predicted octanol–water partition coefficient (Wildman–Crippen LogP) is 23.5. The molecule has 0 aliphatic carbocycles. The highest BCUT2D eigenvalue weighted by atomic mass is 32.2. The van der Waals surface area contributed by atoms with Crippen molar-refractivity contribution in [2.24, 2.45) is 5.92 Å². The normalized spacial score (nSPS) is 21.7. The molecular weight excluding hydrogens is 1580 g/mol. The third-order valence-corrected chi connectivity index (χ3v) is 34.4. The van der Waals surface area contributed by atoms with Gasteiger partial charge < -0.3 is 61.1 Å². The molecule has 3 aliphatic heterocycles. The Labute approximate surface area is 727 Å². The van der Waals surface area contributed by atoms with Crippen LogP contribution >= 0.6 is 11.8 Å². The van der Waals surface area contributed by atoms with Crippen LogP contribution in [0.1, 0.15) is 117 Å². The number of hydrogen-bond donors (Lipinski definition) is 0. The lowest BCUT2D eigenvalue weighted by molar-refractivity contribution is -0.362. The van der Waals surface area contributed by atoms with Crippen molar-refractivity contribution in [3.05, 3.63) is 365 Å². The van der Waals surface area contributed by atoms with Gasteiger partial charge in [-0.25, -0.2) is 4.39 Å². The van der Waals surface area contributed by atoms with E-state index >= 15 is 4.79 Å². The fourth-order valence-electron chi connectivity index (χ4n) is 15.6. The van der Waals surface area contributed by atoms with Gasteiger partial charge in [0, 0.05) is 16.3 Å². The molecule has 14 rings (SSSR count). The van der Waals surface area contributed by atoms with Gasteiger partial charge in [-0.05, 0) is 153 Å². The van der Waals surface area contributed by atoms with E-state index in [1.165, 1.54) is 12.1 Å². The molecule has 13 atom stereocenters. The summed E-state index contributed by atoms with van der Waals surface area (Å²) >= 11 is 1.66. The largest absolute Gasteiger partial charge is 0.543 e. The first-order valence-electron chi connectivity index (χ1n) is 42.9. The molecule has 3 saturated heterocycles. The summed E-state index contributed by atoms with van der Waals surface area (Å²) in [4.78, 5) is 18.5. The minimum Gasteiger partial charge on any atom is -0.543 e. The van der Waals surface area contributed by atoms with Crippen LogP contribution in [0.5, 0.6) is 5.75 Å². The van der Waals surface area contributed by atoms with Gasteiger partial charge in [-0.15, -0.1) is 11.8 Å². The number of nitrogens with zero attached hydrogens (tertiary/aromatic N) is 1. The molecule has 18 heteroatoms. The monoisotopic (exact) mass is 1700 g/mol. The van der Waals surface area contributed by atoms with Crippen molar-refractivity contribution in [2.75, 3.05) is 23.9 Å². The molecule has 0 saturated carbocycles. The quantitative estimate of drug-likeness (QED) is 0.0206. The van der Waals surface area contributed by atoms with Crippen LogP contribution in [-0.2, 0) is 103 Å². The van der Waals surface area contributed by atoms with Gasteiger partial charge in [0.05, 0.1) is 83.6 Å². The number of thioether (sulfide) groups is 1. The summed E-state index contributed by atoms with van der Waals surface area (Å²) < 4.78 is 104. The Morgan fingerprint density at radius 2 is 0.828 bits per heavy atom. The molecule has 14 nitrogen and oxygen atoms in total. The summed E-state index contributed by atoms with van der Waals surface area (Å²) in [5, 5.41) is -0.177. The lowest BCUT2D eigenvalue weighted by Crippen LogP contribution is -2.66. The lowest BCUT2D eigenvalue weighted by atomic mass is 9.78. The number of carbonyl (C=O) groups excluding carboxylic acids is 1. The summed E-state index contributed by atoms with van der Waals surface area (Å²) in [7, 11) is -4.73. The van der Waals surface area contributed by atoms with Crippen LogP contribution in [-0.4, -0.2) is 103 Å². The fourth-order valence-corrected chi connectivity index (χ4v) is 19.1. The fraction of sp³-hybridized carbons (Fsp3) is 0.356. The summed E-state index contributed by atoms with van der Waals surface area (Å²) in [5.41, 5.74) is 11.3. The number of benzene rings is 11. The SMILES string of the molecule is CC(C)(C)[Si](C)(C)Oc1cccc(-c2ccc([C@@H]3[C@@H](CC[C@H](O[Si](C)(C)C(C)(C)C)c4ccc(F)cc4)C(=O)N3c3ccccc3)c(SC[C@@H]3OC(COCc4ccccc4)[C@@H](O[C@@H]4OC(COCc5ccccc5)[C@@H](OCc5ccccc5)[C@@H](OCc5ccccc5)C4OCc4ccccc4)[C@@H](OCc4ccccc4)C3OCc3ccccc3)c2)c1. The van der Waals surface area contributed by atoms with E-state index in [1.54, 1.807) is 11.8 Å². The molecule has 0 aromatic heterocycles. The Morgan fingerprint density at radius 3 is 1.30 bits per heavy atom. The lowest BCUT2D eigenvalue weighted by Gasteiger charge is -2.50. The number of halogens is 1. The molecule has 1 amide bonds. The maximum atomic E-state index is 15.6. The van der Waals surface area contributed by atoms with Gasteiger partial charge >= 0.3 is 0 Å². The summed E-state index contributed by atoms with van der Waals surface area (Å²) in [6.07, 6.45) is -8.37. The second-order valence-electron chi connectivity index (χ2n) is 35.2. The van der Waals surface area contributed by atoms with E-state index in [0.29, 0.717) is 25.2 Å². The van der Waals surface area contributed by atoms with Crippen molar-refractivity contribution in [1.29, 1.82) is 0 Å². The molecule has 0 N–H and O–H groups in total. The zero-order chi connectivity index (χ0) is 85.1. The van der Waals surface area contributed by atoms with Gasteiger partial charge in [0.15, 0.2) is 14.6 Å². The van der Waals surface area contributed by atoms with E-state index in [2.05, 4.69) is 171 Å². The van der Waals surface area contributed by atoms with Crippen LogP contribution in [0.3, 0.4) is 0 Å². The number of β-lactam (4-membered cyclic amide) rings is 1. The zero-order valence-corrected chi connectivity index (χ0v) is 74.8. The predicted molar refractivity (Wildman–Crippen MR) is 487 cm³/mol. The summed E-state index contributed by atoms with van der Waals surface area (Å²) in [6, 6.07) is 102. The summed E-state index contributed by atoms with van der Waals surface area (Å²) in [5.74, 6) is 0.341. The van der Waals surface area contributed by atoms with Crippen molar-refractivity contribution in [1.82, 2.24) is 0 Å². The van der Waals surface area contributed by atoms with Crippen molar-refractivity contribution in [3.63, 3.8) is 0 Å². The van der Waals surface area contributed by atoms with E-state index in [0.717, 1.165) is 77.5 Å². The van der Waals surface area contributed by atoms with Gasteiger partial charge in [-0.2, -0.15) is 0 Å². The minimum atomic E-state index is -2.44. The number of para-hydroxylation sites is 1. The Morgan fingerprint density at radius 1 is 0.418 bits per heavy atom. The number of ether oxygens (including phenoxy) is 10. The number of hydrogen-bond acceptors (Lipinski definition) is 14. The average molecular weight is 1700 g/mol. The first-order chi connectivity index (χ1) is 59.1. The Bertz CT molecular complexity index is 5000. The van der Waals surface area contributed by atoms with Crippen molar-refractivity contribution >= 4 is 40.0 Å². The highest BCUT2D eigenvalue weighted by Crippen LogP contribution is 2.52. The van der Waals surface area contributed by atoms with Crippen molar-refractivity contribution < 1.29 is 65.4 Å². The second-order valence-corrected chi connectivity index (χ2v) is 45.8. The highest BCUT2D eigenvalue weighted by Gasteiger charge is 2.56. The van der Waals surface area contributed by atoms with E-state index in [-0.39, 0.29) is 74.7 Å². The first kappa shape index (κ1) is 89.2. The van der Waals surface area contributed by atoms with Crippen LogP contribution in [0.15, 0.2) is 314 Å². The summed E-state index contributed by atoms with van der Waals surface area (Å²) in [6.45, 7) is 24.2. The van der Waals surface area contributed by atoms with E-state index in [9.17, 15) is 4.39 Å². The topological polar surface area (TPSA) is 131 Å². The number of anilines is 1. The smallest absolute Gasteiger partial charge is 0.250 e. The Hall–Kier alpha value is -9.04. The van der Waals surface area contributed by atoms with Gasteiger partial charge in [0.2, 0.25) is 14.2 Å². The molecule has 11 aromatic carbocycles. The number of carbonyl (C=O) groups is 1. The molecular formula is C104H118FNO13SSi2. The van der Waals surface area contributed by atoms with Crippen LogP contribution in [0.2, 0.25) is 36.3 Å². The second kappa shape index (κ2) is 42.1. The van der Waals surface area contributed by atoms with Gasteiger partial charge in [-0.1, -0.05) is 308 Å². The highest BCUT2D eigenvalue weighted by molar-refractivity contribution is 7.99. The van der Waals surface area contributed by atoms with E-state index in [1.807, 2.05) is 199 Å². The van der Waals surface area contributed by atoms with Gasteiger partial charge in [-0.3, -0.25) is 4.79 Å². The number of rotatable bonds is 39. The van der Waals surface area contributed by atoms with Crippen LogP contribution in [0.25, 0.3) is 11.1 Å². The third kappa shape index (κ3) is 23.5. The van der Waals surface area contributed by atoms with E-state index < -0.39 is 95.9 Å². The third-order valence-electron chi connectivity index (χ3n) is 24.4. The number of amides is 1. The van der Waals surface area contributed by atoms with Gasteiger partial charge in [0.25, 0.3) is 0 Å². The molecule has 0 radical (unpaired) electrons. The molecule has 0 bridgehead atoms. The van der Waals surface area contributed by atoms with E-state index in [4.69, 9.17) is 56.2 Å². The standard InChI is InChI=1S/C104H118FNO13SSi2/c1-103(2,3)121(7,8)118-86-53-35-50-82(62-86)83-56-59-87(94-88(101(107)106(94)85-51-33-18-34-52-85)60-61-89(81-54-57-84(105)58-55-81)119-122(9,10)104(4,5)6)93(63-83)120-73-92-96(111-67-77-42-25-14-26-43-77)98(112-68-78-44-27-15-28-45-78)97(91(115-92)72-109-65-75-38-21-12-22-39-75)117-102-100(114-70-80-48-31-17-32-49-80)99(113-69-79-46-29-16-30-47-79)95(110-66-76-40-23-13-24-41-76)90(116-102)71-108-64-74-36-19-11-20-37-74/h11-59,62-63,88-92,94-100,102H,60-61,64-73H2,1-10H3/t88-,89+,90?,91?,92+,94-,95-,96?,97-,98+,99-,100?,102+/m1/s1. The Balaban J connectivity index is 0.897. The molecule has 3 aliphatic rings. The maximum Gasteiger partial charge on any atom is 0.250 e. The molecule has 4 unspecified atom stereocenters. The first-order valence-corrected chi connectivity index (χ1v) is 49.7. The van der Waals surface area contributed by atoms with Crippen LogP contribution < -0.4 is 9.33 Å². The molecule has 0 spiro atoms. The zero-order valence-electron chi connectivity index (χ0n) is 72.0. The maximum absolute atomic E-state index is 15.6. The molecule has 3 heterocycles. The molecule has 3 fully saturated rings. The van der Waals surface area contributed by atoms with Crippen LogP contribution in [0.4, 0.5) is 10.1 Å². The average Bonchev–Trinajstić information content (AvgIpc) is 0.732. The molecule has 122 heavy (non-hydrogen) atoms. The van der Waals surface area contributed by atoms with Crippen molar-refractivity contribution in [3.8, 4) is 16.9 Å². The molecule has 638 valence electrons. The Kier molecular flexibility index (Phi) is 30.8. The molecule has 11 aromatic rings. The van der Waals surface area contributed by atoms with Crippen LogP contribution in [0, 0.1) is 11.7 Å². The minimum absolute atomic E-state index is 0.0136.